The van der Waals surface area contributed by atoms with E-state index in [1.165, 1.54) is 6.92 Å². The van der Waals surface area contributed by atoms with Crippen LogP contribution in [0, 0.1) is 17.8 Å². The molecule has 0 aromatic heterocycles. The van der Waals surface area contributed by atoms with E-state index < -0.39 is 18.1 Å². The molecule has 138 valence electrons. The molecule has 0 heterocycles. The summed E-state index contributed by atoms with van der Waals surface area (Å²) in [4.78, 5) is 34.8. The first-order chi connectivity index (χ1) is 11.3. The third-order valence-corrected chi connectivity index (χ3v) is 5.07. The van der Waals surface area contributed by atoms with Crippen molar-refractivity contribution in [2.75, 3.05) is 6.54 Å². The third kappa shape index (κ3) is 6.11. The molecule has 24 heavy (non-hydrogen) atoms. The van der Waals surface area contributed by atoms with Gasteiger partial charge < -0.3 is 21.5 Å². The number of nitrogens with two attached hydrogens (primary N) is 1. The molecule has 0 saturated heterocycles. The van der Waals surface area contributed by atoms with Crippen molar-refractivity contribution in [3.8, 4) is 0 Å². The Morgan fingerprint density at radius 2 is 1.75 bits per heavy atom. The van der Waals surface area contributed by atoms with Crippen LogP contribution in [0.5, 0.6) is 0 Å². The van der Waals surface area contributed by atoms with Gasteiger partial charge in [-0.25, -0.2) is 0 Å². The van der Waals surface area contributed by atoms with Gasteiger partial charge in [0.2, 0.25) is 11.8 Å². The summed E-state index contributed by atoms with van der Waals surface area (Å²) in [6.07, 6.45) is 3.99. The lowest BCUT2D eigenvalue weighted by Gasteiger charge is -2.29. The van der Waals surface area contributed by atoms with Crippen molar-refractivity contribution < 1.29 is 19.5 Å². The molecule has 0 bridgehead atoms. The molecule has 1 rings (SSSR count). The number of hydrogen-bond donors (Lipinski definition) is 4. The van der Waals surface area contributed by atoms with E-state index in [1.54, 1.807) is 0 Å². The van der Waals surface area contributed by atoms with Gasteiger partial charge in [-0.05, 0) is 44.4 Å². The van der Waals surface area contributed by atoms with Crippen LogP contribution in [0.25, 0.3) is 0 Å². The Balaban J connectivity index is 2.32. The summed E-state index contributed by atoms with van der Waals surface area (Å²) in [6.45, 7) is 6.02. The number of carbonyl (C=O) groups is 3. The van der Waals surface area contributed by atoms with E-state index in [9.17, 15) is 14.4 Å². The molecule has 0 aromatic rings. The second-order valence-corrected chi connectivity index (χ2v) is 6.94. The summed E-state index contributed by atoms with van der Waals surface area (Å²) >= 11 is 0. The van der Waals surface area contributed by atoms with Gasteiger partial charge in [-0.1, -0.05) is 20.3 Å². The van der Waals surface area contributed by atoms with Gasteiger partial charge in [-0.2, -0.15) is 0 Å². The van der Waals surface area contributed by atoms with Gasteiger partial charge in [0.15, 0.2) is 0 Å². The van der Waals surface area contributed by atoms with Crippen molar-refractivity contribution in [2.45, 2.75) is 65.0 Å². The minimum Gasteiger partial charge on any atom is -0.480 e. The Morgan fingerprint density at radius 3 is 2.25 bits per heavy atom. The number of carboxylic acids is 1. The highest BCUT2D eigenvalue weighted by molar-refractivity contribution is 5.84. The fourth-order valence-electron chi connectivity index (χ4n) is 2.90. The molecule has 0 aromatic carbocycles. The van der Waals surface area contributed by atoms with Gasteiger partial charge in [0, 0.05) is 12.5 Å². The van der Waals surface area contributed by atoms with E-state index >= 15 is 0 Å². The summed E-state index contributed by atoms with van der Waals surface area (Å²) < 4.78 is 0. The molecular formula is C17H31N3O4. The van der Waals surface area contributed by atoms with Crippen LogP contribution in [-0.2, 0) is 14.4 Å². The molecule has 1 aliphatic rings. The Morgan fingerprint density at radius 1 is 1.17 bits per heavy atom. The number of hydrogen-bond acceptors (Lipinski definition) is 4. The second kappa shape index (κ2) is 9.61. The molecule has 0 radical (unpaired) electrons. The fraction of sp³-hybridized carbons (Fsp3) is 0.824. The zero-order chi connectivity index (χ0) is 18.3. The zero-order valence-corrected chi connectivity index (χ0v) is 14.9. The normalized spacial score (nSPS) is 24.5. The van der Waals surface area contributed by atoms with Crippen LogP contribution in [0.1, 0.15) is 52.9 Å². The molecule has 1 saturated carbocycles. The topological polar surface area (TPSA) is 122 Å². The van der Waals surface area contributed by atoms with Crippen LogP contribution in [0.3, 0.4) is 0 Å². The standard InChI is InChI=1S/C17H31N3O4/c1-4-10(2)14(18)16(22)19-9-12-5-7-13(8-6-12)15(21)20-11(3)17(23)24/h10-14H,4-9,18H2,1-3H3,(H,19,22)(H,20,21)(H,23,24). The van der Waals surface area contributed by atoms with Crippen molar-refractivity contribution >= 4 is 17.8 Å². The number of rotatable bonds is 8. The van der Waals surface area contributed by atoms with Crippen LogP contribution in [-0.4, -0.2) is 41.5 Å². The first-order valence-corrected chi connectivity index (χ1v) is 8.82. The van der Waals surface area contributed by atoms with Gasteiger partial charge in [-0.3, -0.25) is 14.4 Å². The summed E-state index contributed by atoms with van der Waals surface area (Å²) in [5.74, 6) is -0.969. The van der Waals surface area contributed by atoms with Crippen LogP contribution in [0.4, 0.5) is 0 Å². The third-order valence-electron chi connectivity index (χ3n) is 5.07. The Kier molecular flexibility index (Phi) is 8.18. The predicted octanol–water partition coefficient (Wildman–Crippen LogP) is 0.872. The van der Waals surface area contributed by atoms with E-state index in [0.717, 1.165) is 32.1 Å². The maximum Gasteiger partial charge on any atom is 0.325 e. The van der Waals surface area contributed by atoms with Crippen LogP contribution < -0.4 is 16.4 Å². The number of nitrogens with one attached hydrogen (secondary N) is 2. The molecule has 0 spiro atoms. The predicted molar refractivity (Wildman–Crippen MR) is 91.1 cm³/mol. The van der Waals surface area contributed by atoms with E-state index in [0.29, 0.717) is 12.5 Å². The Bertz CT molecular complexity index is 447. The van der Waals surface area contributed by atoms with Crippen molar-refractivity contribution in [3.63, 3.8) is 0 Å². The largest absolute Gasteiger partial charge is 0.480 e. The smallest absolute Gasteiger partial charge is 0.325 e. The molecule has 0 aliphatic heterocycles. The second-order valence-electron chi connectivity index (χ2n) is 6.94. The molecule has 2 amide bonds. The van der Waals surface area contributed by atoms with E-state index in [-0.39, 0.29) is 23.7 Å². The molecule has 7 nitrogen and oxygen atoms in total. The van der Waals surface area contributed by atoms with Gasteiger partial charge in [0.05, 0.1) is 6.04 Å². The van der Waals surface area contributed by atoms with Crippen LogP contribution in [0.15, 0.2) is 0 Å². The van der Waals surface area contributed by atoms with Crippen molar-refractivity contribution in [1.29, 1.82) is 0 Å². The first-order valence-electron chi connectivity index (χ1n) is 8.82. The van der Waals surface area contributed by atoms with Crippen molar-refractivity contribution in [3.05, 3.63) is 0 Å². The van der Waals surface area contributed by atoms with Gasteiger partial charge in [0.1, 0.15) is 6.04 Å². The summed E-state index contributed by atoms with van der Waals surface area (Å²) in [6, 6.07) is -1.34. The molecule has 5 N–H and O–H groups in total. The van der Waals surface area contributed by atoms with E-state index in [4.69, 9.17) is 10.8 Å². The van der Waals surface area contributed by atoms with Gasteiger partial charge >= 0.3 is 5.97 Å². The SMILES string of the molecule is CCC(C)C(N)C(=O)NCC1CCC(C(=O)NC(C)C(=O)O)CC1. The minimum absolute atomic E-state index is 0.112. The maximum atomic E-state index is 12.0. The highest BCUT2D eigenvalue weighted by atomic mass is 16.4. The molecule has 7 heteroatoms. The summed E-state index contributed by atoms with van der Waals surface area (Å²) in [5, 5.41) is 14.3. The lowest BCUT2D eigenvalue weighted by Crippen LogP contribution is -2.46. The van der Waals surface area contributed by atoms with Gasteiger partial charge in [0.25, 0.3) is 0 Å². The lowest BCUT2D eigenvalue weighted by atomic mass is 9.81. The minimum atomic E-state index is -1.03. The highest BCUT2D eigenvalue weighted by Crippen LogP contribution is 2.28. The number of carboxylic acid groups (broad SMARTS) is 1. The molecule has 1 fully saturated rings. The lowest BCUT2D eigenvalue weighted by molar-refractivity contribution is -0.142. The van der Waals surface area contributed by atoms with Gasteiger partial charge in [-0.15, -0.1) is 0 Å². The molecule has 1 aliphatic carbocycles. The fourth-order valence-corrected chi connectivity index (χ4v) is 2.90. The zero-order valence-electron chi connectivity index (χ0n) is 14.9. The summed E-state index contributed by atoms with van der Waals surface area (Å²) in [7, 11) is 0. The number of amides is 2. The van der Waals surface area contributed by atoms with Crippen LogP contribution in [0.2, 0.25) is 0 Å². The average molecular weight is 341 g/mol. The molecule has 3 unspecified atom stereocenters. The Labute approximate surface area is 143 Å². The van der Waals surface area contributed by atoms with Crippen molar-refractivity contribution in [1.82, 2.24) is 10.6 Å². The highest BCUT2D eigenvalue weighted by Gasteiger charge is 2.28. The first kappa shape index (κ1) is 20.4. The molecule has 3 atom stereocenters. The Hall–Kier alpha value is -1.63. The monoisotopic (exact) mass is 341 g/mol. The van der Waals surface area contributed by atoms with E-state index in [2.05, 4.69) is 10.6 Å². The average Bonchev–Trinajstić information content (AvgIpc) is 2.58. The number of carbonyl (C=O) groups excluding carboxylic acids is 2. The van der Waals surface area contributed by atoms with E-state index in [1.807, 2.05) is 13.8 Å². The molecular weight excluding hydrogens is 310 g/mol. The maximum absolute atomic E-state index is 12.0. The number of aliphatic carboxylic acids is 1. The quantitative estimate of drug-likeness (QED) is 0.522. The summed E-state index contributed by atoms with van der Waals surface area (Å²) in [5.41, 5.74) is 5.91. The van der Waals surface area contributed by atoms with Crippen molar-refractivity contribution in [2.24, 2.45) is 23.5 Å². The van der Waals surface area contributed by atoms with Crippen LogP contribution >= 0.6 is 0 Å².